The summed E-state index contributed by atoms with van der Waals surface area (Å²) in [6.07, 6.45) is 15.2. The van der Waals surface area contributed by atoms with Gasteiger partial charge in [-0.1, -0.05) is 0 Å². The normalized spacial score (nSPS) is 45.9. The molecule has 190 valence electrons. The molecule has 3 N–H and O–H groups in total. The molecular weight excluding hydrogens is 481 g/mol. The molecule has 10 heteroatoms. The van der Waals surface area contributed by atoms with Crippen LogP contribution in [0.4, 0.5) is 0 Å². The van der Waals surface area contributed by atoms with Crippen molar-refractivity contribution in [1.29, 1.82) is 4.78 Å². The molecule has 8 aliphatic carbocycles. The maximum atomic E-state index is 13.2. The van der Waals surface area contributed by atoms with E-state index in [1.165, 1.54) is 68.5 Å². The summed E-state index contributed by atoms with van der Waals surface area (Å²) >= 11 is 0. The predicted molar refractivity (Wildman–Crippen MR) is 134 cm³/mol. The molecular formula is C24H42N3NaO4S2. The molecule has 0 amide bonds. The Labute approximate surface area is 228 Å². The second-order valence-electron chi connectivity index (χ2n) is 12.7. The van der Waals surface area contributed by atoms with E-state index >= 15 is 0 Å². The second kappa shape index (κ2) is 9.83. The summed E-state index contributed by atoms with van der Waals surface area (Å²) in [5.74, 6) is 7.89. The monoisotopic (exact) mass is 523 g/mol. The van der Waals surface area contributed by atoms with Gasteiger partial charge in [-0.05, 0) is 136 Å². The van der Waals surface area contributed by atoms with Crippen molar-refractivity contribution in [3.8, 4) is 0 Å². The number of hydrogen-bond acceptors (Lipinski definition) is 5. The van der Waals surface area contributed by atoms with E-state index in [-0.39, 0.29) is 29.6 Å². The fourth-order valence-electron chi connectivity index (χ4n) is 10.1. The molecule has 0 aliphatic heterocycles. The van der Waals surface area contributed by atoms with Gasteiger partial charge in [-0.15, -0.1) is 3.63 Å². The first-order valence-corrected chi connectivity index (χ1v) is 16.3. The second-order valence-corrected chi connectivity index (χ2v) is 15.7. The number of nitrogens with zero attached hydrogens (tertiary/aromatic N) is 1. The number of hydrogen-bond donors (Lipinski definition) is 2. The standard InChI is InChI=1S/C24H41N3O4S2.Na.H/c25-32(28,31-33(26,29)30)27(3-1-23-19-7-15-5-16(9-19)10-20(23)8-15)4-2-24-21-11-17-6-18(13-21)14-22(24)12-17;;/h15-25H,1-14H2,(H2,26,29,30);;. The first kappa shape index (κ1) is 26.4. The Bertz CT molecular complexity index is 871. The summed E-state index contributed by atoms with van der Waals surface area (Å²) in [5, 5.41) is 5.05. The Morgan fingerprint density at radius 1 is 0.676 bits per heavy atom. The van der Waals surface area contributed by atoms with Gasteiger partial charge in [-0.3, -0.25) is 0 Å². The van der Waals surface area contributed by atoms with E-state index in [1.54, 1.807) is 0 Å². The summed E-state index contributed by atoms with van der Waals surface area (Å²) in [6.45, 7) is 0.941. The molecule has 7 nitrogen and oxygen atoms in total. The van der Waals surface area contributed by atoms with Crippen molar-refractivity contribution in [2.75, 3.05) is 13.1 Å². The molecule has 0 heterocycles. The Morgan fingerprint density at radius 2 is 1.00 bits per heavy atom. The SMILES string of the molecule is N=S(=O)(OS(N)(=O)=O)N(CCC1C2CC3CC(C2)CC1C3)CCC1C2CC3CC(C2)CC1C3.[NaH]. The zero-order valence-electron chi connectivity index (χ0n) is 19.6. The van der Waals surface area contributed by atoms with Gasteiger partial charge in [0.15, 0.2) is 0 Å². The Morgan fingerprint density at radius 3 is 1.29 bits per heavy atom. The van der Waals surface area contributed by atoms with Crippen LogP contribution in [-0.4, -0.2) is 59.6 Å². The predicted octanol–water partition coefficient (Wildman–Crippen LogP) is 3.66. The van der Waals surface area contributed by atoms with Gasteiger partial charge >= 0.3 is 39.9 Å². The summed E-state index contributed by atoms with van der Waals surface area (Å²) in [7, 11) is -8.36. The van der Waals surface area contributed by atoms with Crippen LogP contribution in [0.25, 0.3) is 0 Å². The molecule has 8 bridgehead atoms. The fourth-order valence-corrected chi connectivity index (χ4v) is 12.2. The van der Waals surface area contributed by atoms with Crippen molar-refractivity contribution in [2.45, 2.75) is 77.0 Å². The molecule has 0 spiro atoms. The van der Waals surface area contributed by atoms with Gasteiger partial charge in [-0.25, -0.2) is 14.1 Å². The van der Waals surface area contributed by atoms with E-state index in [1.807, 2.05) is 0 Å². The number of nitrogens with one attached hydrogen (secondary N) is 1. The Hall–Kier alpha value is 0.780. The summed E-state index contributed by atoms with van der Waals surface area (Å²) in [6, 6.07) is 0. The molecule has 1 unspecified atom stereocenters. The van der Waals surface area contributed by atoms with Gasteiger partial charge in [0.25, 0.3) is 0 Å². The van der Waals surface area contributed by atoms with Crippen molar-refractivity contribution in [3.63, 3.8) is 0 Å². The van der Waals surface area contributed by atoms with Crippen molar-refractivity contribution in [2.24, 2.45) is 64.3 Å². The first-order chi connectivity index (χ1) is 15.6. The van der Waals surface area contributed by atoms with Gasteiger partial charge < -0.3 is 0 Å². The van der Waals surface area contributed by atoms with Gasteiger partial charge in [0.1, 0.15) is 0 Å². The molecule has 1 atom stereocenters. The minimum absolute atomic E-state index is 0. The van der Waals surface area contributed by atoms with E-state index in [0.717, 1.165) is 60.2 Å². The summed E-state index contributed by atoms with van der Waals surface area (Å²) < 4.78 is 50.9. The van der Waals surface area contributed by atoms with Crippen LogP contribution in [0, 0.1) is 64.0 Å². The van der Waals surface area contributed by atoms with E-state index in [0.29, 0.717) is 24.9 Å². The number of rotatable bonds is 9. The zero-order chi connectivity index (χ0) is 23.0. The van der Waals surface area contributed by atoms with Gasteiger partial charge in [-0.2, -0.15) is 12.7 Å². The van der Waals surface area contributed by atoms with Crippen LogP contribution in [0.5, 0.6) is 0 Å². The molecule has 0 aromatic rings. The third-order valence-corrected chi connectivity index (χ3v) is 13.3. The van der Waals surface area contributed by atoms with Crippen LogP contribution in [0.15, 0.2) is 0 Å². The summed E-state index contributed by atoms with van der Waals surface area (Å²) in [4.78, 5) is 0. The molecule has 8 aliphatic rings. The third kappa shape index (κ3) is 5.33. The van der Waals surface area contributed by atoms with E-state index in [9.17, 15) is 12.6 Å². The van der Waals surface area contributed by atoms with Crippen molar-refractivity contribution in [1.82, 2.24) is 4.31 Å². The van der Waals surface area contributed by atoms with Crippen molar-refractivity contribution < 1.29 is 16.3 Å². The molecule has 8 rings (SSSR count). The van der Waals surface area contributed by atoms with Crippen LogP contribution >= 0.6 is 0 Å². The first-order valence-electron chi connectivity index (χ1n) is 13.4. The summed E-state index contributed by atoms with van der Waals surface area (Å²) in [5.41, 5.74) is 0. The number of nitrogens with two attached hydrogens (primary N) is 1. The molecule has 0 aromatic heterocycles. The Kier molecular flexibility index (Phi) is 7.63. The molecule has 34 heavy (non-hydrogen) atoms. The van der Waals surface area contributed by atoms with Crippen LogP contribution in [-0.2, 0) is 24.1 Å². The van der Waals surface area contributed by atoms with E-state index in [4.69, 9.17) is 9.92 Å². The molecule has 0 aromatic carbocycles. The van der Waals surface area contributed by atoms with Gasteiger partial charge in [0.2, 0.25) is 10.2 Å². The average Bonchev–Trinajstić information content (AvgIpc) is 2.68. The molecule has 0 radical (unpaired) electrons. The average molecular weight is 524 g/mol. The molecule has 8 saturated carbocycles. The Balaban J connectivity index is 0.00000241. The van der Waals surface area contributed by atoms with E-state index < -0.39 is 20.5 Å². The third-order valence-electron chi connectivity index (χ3n) is 10.8. The van der Waals surface area contributed by atoms with Gasteiger partial charge in [0, 0.05) is 13.1 Å². The van der Waals surface area contributed by atoms with Crippen LogP contribution in [0.1, 0.15) is 77.0 Å². The minimum atomic E-state index is -4.45. The van der Waals surface area contributed by atoms with Gasteiger partial charge in [0.05, 0.1) is 0 Å². The molecule has 0 saturated heterocycles. The fraction of sp³-hybridized carbons (Fsp3) is 1.00. The zero-order valence-corrected chi connectivity index (χ0v) is 21.3. The van der Waals surface area contributed by atoms with Crippen LogP contribution in [0.2, 0.25) is 0 Å². The topological polar surface area (TPSA) is 114 Å². The van der Waals surface area contributed by atoms with Crippen molar-refractivity contribution in [3.05, 3.63) is 0 Å². The maximum absolute atomic E-state index is 13.2. The van der Waals surface area contributed by atoms with Crippen molar-refractivity contribution >= 4 is 50.1 Å². The molecule has 8 fully saturated rings. The van der Waals surface area contributed by atoms with Crippen LogP contribution < -0.4 is 5.14 Å². The van der Waals surface area contributed by atoms with E-state index in [2.05, 4.69) is 3.63 Å². The van der Waals surface area contributed by atoms with Crippen LogP contribution in [0.3, 0.4) is 0 Å². The quantitative estimate of drug-likeness (QED) is 0.449.